The first-order valence-corrected chi connectivity index (χ1v) is 7.25. The summed E-state index contributed by atoms with van der Waals surface area (Å²) in [6.07, 6.45) is 0. The molecule has 2 atom stereocenters. The zero-order valence-electron chi connectivity index (χ0n) is 13.3. The van der Waals surface area contributed by atoms with Crippen LogP contribution in [-0.2, 0) is 19.1 Å². The van der Waals surface area contributed by atoms with Crippen molar-refractivity contribution < 1.29 is 41.0 Å². The standard InChI is InChI=1S/C16H10F5NO4/c1-4-6(15(23)25-2)8(7-5(22-4)3-26-16(7)24)9-10(17)12(19)14(21)13(20)11(9)18/h6,8H,3H2,1-2H3. The van der Waals surface area contributed by atoms with Gasteiger partial charge in [0.25, 0.3) is 0 Å². The van der Waals surface area contributed by atoms with E-state index in [1.807, 2.05) is 0 Å². The molecule has 0 aromatic heterocycles. The topological polar surface area (TPSA) is 65.0 Å². The van der Waals surface area contributed by atoms with Gasteiger partial charge in [-0.15, -0.1) is 0 Å². The van der Waals surface area contributed by atoms with E-state index < -0.39 is 64.0 Å². The maximum absolute atomic E-state index is 14.4. The van der Waals surface area contributed by atoms with E-state index in [1.165, 1.54) is 6.92 Å². The Morgan fingerprint density at radius 2 is 1.62 bits per heavy atom. The number of nitrogens with zero attached hydrogens (tertiary/aromatic N) is 1. The monoisotopic (exact) mass is 375 g/mol. The minimum absolute atomic E-state index is 0.0113. The van der Waals surface area contributed by atoms with Gasteiger partial charge in [0, 0.05) is 17.2 Å². The minimum atomic E-state index is -2.34. The maximum Gasteiger partial charge on any atom is 0.337 e. The van der Waals surface area contributed by atoms with E-state index in [2.05, 4.69) is 9.73 Å². The molecular weight excluding hydrogens is 365 g/mol. The lowest BCUT2D eigenvalue weighted by molar-refractivity contribution is -0.143. The van der Waals surface area contributed by atoms with Crippen LogP contribution in [0.3, 0.4) is 0 Å². The third kappa shape index (κ3) is 2.39. The summed E-state index contributed by atoms with van der Waals surface area (Å²) in [5, 5.41) is 0. The Bertz CT molecular complexity index is 879. The van der Waals surface area contributed by atoms with E-state index in [9.17, 15) is 31.5 Å². The third-order valence-electron chi connectivity index (χ3n) is 4.29. The molecule has 0 radical (unpaired) electrons. The van der Waals surface area contributed by atoms with Crippen LogP contribution >= 0.6 is 0 Å². The van der Waals surface area contributed by atoms with Crippen molar-refractivity contribution in [1.82, 2.24) is 0 Å². The molecule has 0 fully saturated rings. The fourth-order valence-corrected chi connectivity index (χ4v) is 3.14. The smallest absolute Gasteiger partial charge is 0.337 e. The summed E-state index contributed by atoms with van der Waals surface area (Å²) in [6.45, 7) is 0.971. The van der Waals surface area contributed by atoms with Crippen molar-refractivity contribution in [3.8, 4) is 0 Å². The van der Waals surface area contributed by atoms with E-state index in [0.29, 0.717) is 0 Å². The van der Waals surface area contributed by atoms with Gasteiger partial charge in [-0.25, -0.2) is 26.7 Å². The van der Waals surface area contributed by atoms with Gasteiger partial charge in [-0.2, -0.15) is 0 Å². The van der Waals surface area contributed by atoms with Crippen LogP contribution in [0.4, 0.5) is 22.0 Å². The average Bonchev–Trinajstić information content (AvgIpc) is 2.98. The van der Waals surface area contributed by atoms with E-state index in [0.717, 1.165) is 7.11 Å². The molecule has 0 bridgehead atoms. The Morgan fingerprint density at radius 1 is 1.08 bits per heavy atom. The van der Waals surface area contributed by atoms with Gasteiger partial charge in [-0.05, 0) is 6.92 Å². The normalized spacial score (nSPS) is 22.1. The Morgan fingerprint density at radius 3 is 2.15 bits per heavy atom. The molecule has 2 aliphatic heterocycles. The molecule has 138 valence electrons. The number of carbonyl (C=O) groups is 2. The first kappa shape index (κ1) is 18.0. The van der Waals surface area contributed by atoms with Gasteiger partial charge in [0.1, 0.15) is 12.5 Å². The van der Waals surface area contributed by atoms with Gasteiger partial charge >= 0.3 is 11.9 Å². The zero-order chi connectivity index (χ0) is 19.3. The number of rotatable bonds is 2. The van der Waals surface area contributed by atoms with Crippen LogP contribution in [0.15, 0.2) is 16.3 Å². The summed E-state index contributed by atoms with van der Waals surface area (Å²) >= 11 is 0. The van der Waals surface area contributed by atoms with Crippen molar-refractivity contribution in [2.75, 3.05) is 13.7 Å². The molecule has 5 nitrogen and oxygen atoms in total. The number of halogens is 5. The third-order valence-corrected chi connectivity index (χ3v) is 4.29. The predicted molar refractivity (Wildman–Crippen MR) is 75.6 cm³/mol. The molecule has 0 saturated carbocycles. The molecule has 26 heavy (non-hydrogen) atoms. The lowest BCUT2D eigenvalue weighted by Crippen LogP contribution is -2.36. The van der Waals surface area contributed by atoms with Gasteiger partial charge in [-0.1, -0.05) is 0 Å². The van der Waals surface area contributed by atoms with Crippen LogP contribution in [-0.4, -0.2) is 31.4 Å². The maximum atomic E-state index is 14.4. The zero-order valence-corrected chi connectivity index (χ0v) is 13.3. The Kier molecular flexibility index (Phi) is 4.29. The molecule has 1 aromatic rings. The van der Waals surface area contributed by atoms with Crippen LogP contribution in [0, 0.1) is 35.0 Å². The van der Waals surface area contributed by atoms with E-state index >= 15 is 0 Å². The average molecular weight is 375 g/mol. The van der Waals surface area contributed by atoms with Crippen molar-refractivity contribution in [3.05, 3.63) is 45.9 Å². The highest BCUT2D eigenvalue weighted by atomic mass is 19.2. The number of cyclic esters (lactones) is 1. The van der Waals surface area contributed by atoms with Crippen molar-refractivity contribution >= 4 is 17.7 Å². The fourth-order valence-electron chi connectivity index (χ4n) is 3.14. The highest BCUT2D eigenvalue weighted by molar-refractivity contribution is 6.07. The summed E-state index contributed by atoms with van der Waals surface area (Å²) in [5.41, 5.74) is -1.80. The van der Waals surface area contributed by atoms with Gasteiger partial charge in [0.15, 0.2) is 23.3 Å². The highest BCUT2D eigenvalue weighted by Gasteiger charge is 2.48. The molecule has 1 aromatic carbocycles. The fraction of sp³-hybridized carbons (Fsp3) is 0.312. The number of ether oxygens (including phenoxy) is 2. The first-order chi connectivity index (χ1) is 12.2. The van der Waals surface area contributed by atoms with Crippen LogP contribution in [0.1, 0.15) is 18.4 Å². The van der Waals surface area contributed by atoms with Crippen molar-refractivity contribution in [2.24, 2.45) is 10.9 Å². The van der Waals surface area contributed by atoms with Crippen LogP contribution < -0.4 is 0 Å². The number of aliphatic imine (C=N–C) groups is 1. The number of benzene rings is 1. The van der Waals surface area contributed by atoms with E-state index in [-0.39, 0.29) is 18.0 Å². The molecule has 0 spiro atoms. The molecule has 2 aliphatic rings. The van der Waals surface area contributed by atoms with Crippen molar-refractivity contribution in [2.45, 2.75) is 12.8 Å². The van der Waals surface area contributed by atoms with Crippen molar-refractivity contribution in [3.63, 3.8) is 0 Å². The summed E-state index contributed by atoms with van der Waals surface area (Å²) in [5.74, 6) is -16.5. The van der Waals surface area contributed by atoms with Crippen LogP contribution in [0.5, 0.6) is 0 Å². The molecular formula is C16H10F5NO4. The SMILES string of the molecule is COC(=O)C1C(C)=NC2=C(C(=O)OC2)C1c1c(F)c(F)c(F)c(F)c1F. The predicted octanol–water partition coefficient (Wildman–Crippen LogP) is 2.54. The second kappa shape index (κ2) is 6.19. The molecule has 0 amide bonds. The Labute approximate surface area is 143 Å². The van der Waals surface area contributed by atoms with Gasteiger partial charge in [0.2, 0.25) is 5.82 Å². The lowest BCUT2D eigenvalue weighted by atomic mass is 9.75. The summed E-state index contributed by atoms with van der Waals surface area (Å²) < 4.78 is 78.7. The second-order valence-corrected chi connectivity index (χ2v) is 5.65. The molecule has 2 heterocycles. The van der Waals surface area contributed by atoms with Crippen LogP contribution in [0.25, 0.3) is 0 Å². The van der Waals surface area contributed by atoms with E-state index in [4.69, 9.17) is 4.74 Å². The van der Waals surface area contributed by atoms with Crippen LogP contribution in [0.2, 0.25) is 0 Å². The van der Waals surface area contributed by atoms with Gasteiger partial charge in [-0.3, -0.25) is 9.79 Å². The molecule has 10 heteroatoms. The quantitative estimate of drug-likeness (QED) is 0.345. The largest absolute Gasteiger partial charge is 0.468 e. The van der Waals surface area contributed by atoms with Gasteiger partial charge < -0.3 is 9.47 Å². The summed E-state index contributed by atoms with van der Waals surface area (Å²) in [7, 11) is 0.974. The summed E-state index contributed by atoms with van der Waals surface area (Å²) in [6, 6.07) is 0. The number of hydrogen-bond donors (Lipinski definition) is 0. The molecule has 0 N–H and O–H groups in total. The number of esters is 2. The van der Waals surface area contributed by atoms with E-state index in [1.54, 1.807) is 0 Å². The lowest BCUT2D eigenvalue weighted by Gasteiger charge is -2.29. The Hall–Kier alpha value is -2.78. The summed E-state index contributed by atoms with van der Waals surface area (Å²) in [4.78, 5) is 28.1. The number of hydrogen-bond acceptors (Lipinski definition) is 5. The minimum Gasteiger partial charge on any atom is -0.468 e. The molecule has 2 unspecified atom stereocenters. The molecule has 3 rings (SSSR count). The molecule has 0 aliphatic carbocycles. The Balaban J connectivity index is 2.35. The number of carbonyl (C=O) groups excluding carboxylic acids is 2. The first-order valence-electron chi connectivity index (χ1n) is 7.25. The highest BCUT2D eigenvalue weighted by Crippen LogP contribution is 2.45. The molecule has 0 saturated heterocycles. The number of methoxy groups -OCH3 is 1. The second-order valence-electron chi connectivity index (χ2n) is 5.65. The van der Waals surface area contributed by atoms with Crippen molar-refractivity contribution in [1.29, 1.82) is 0 Å². The van der Waals surface area contributed by atoms with Gasteiger partial charge in [0.05, 0.1) is 18.4 Å².